The van der Waals surface area contributed by atoms with Crippen LogP contribution < -0.4 is 20.1 Å². The van der Waals surface area contributed by atoms with Crippen molar-refractivity contribution in [2.75, 3.05) is 7.11 Å². The zero-order valence-electron chi connectivity index (χ0n) is 19.8. The van der Waals surface area contributed by atoms with Gasteiger partial charge in [-0.2, -0.15) is 0 Å². The molecule has 1 aromatic carbocycles. The first-order chi connectivity index (χ1) is 17.0. The van der Waals surface area contributed by atoms with Gasteiger partial charge in [-0.1, -0.05) is 6.42 Å². The number of pyridine rings is 1. The zero-order chi connectivity index (χ0) is 24.4. The Hall–Kier alpha value is -3.46. The summed E-state index contributed by atoms with van der Waals surface area (Å²) < 4.78 is 11.6. The molecule has 184 valence electrons. The summed E-state index contributed by atoms with van der Waals surface area (Å²) >= 11 is 0. The number of amides is 3. The molecule has 2 aliphatic heterocycles. The molecule has 0 radical (unpaired) electrons. The number of nitrogens with one attached hydrogen (secondary N) is 2. The van der Waals surface area contributed by atoms with Gasteiger partial charge in [-0.15, -0.1) is 0 Å². The van der Waals surface area contributed by atoms with E-state index in [0.29, 0.717) is 25.1 Å². The Morgan fingerprint density at radius 1 is 1.09 bits per heavy atom. The Kier molecular flexibility index (Phi) is 6.68. The summed E-state index contributed by atoms with van der Waals surface area (Å²) in [6.07, 6.45) is 6.56. The van der Waals surface area contributed by atoms with E-state index >= 15 is 0 Å². The van der Waals surface area contributed by atoms with Crippen molar-refractivity contribution in [1.82, 2.24) is 20.5 Å². The van der Waals surface area contributed by atoms with E-state index in [0.717, 1.165) is 48.4 Å². The Morgan fingerprint density at radius 3 is 2.69 bits per heavy atom. The van der Waals surface area contributed by atoms with Crippen LogP contribution in [0.25, 0.3) is 0 Å². The highest BCUT2D eigenvalue weighted by Gasteiger charge is 2.39. The van der Waals surface area contributed by atoms with Gasteiger partial charge in [0.15, 0.2) is 0 Å². The highest BCUT2D eigenvalue weighted by atomic mass is 16.5. The Balaban J connectivity index is 1.23. The Bertz CT molecular complexity index is 1120. The van der Waals surface area contributed by atoms with Gasteiger partial charge in [0.2, 0.25) is 11.8 Å². The first-order valence-electron chi connectivity index (χ1n) is 12.2. The highest BCUT2D eigenvalue weighted by molar-refractivity contribution is 6.05. The quantitative estimate of drug-likeness (QED) is 0.588. The van der Waals surface area contributed by atoms with Crippen molar-refractivity contribution in [2.24, 2.45) is 0 Å². The van der Waals surface area contributed by atoms with Gasteiger partial charge >= 0.3 is 0 Å². The van der Waals surface area contributed by atoms with Crippen molar-refractivity contribution >= 4 is 17.7 Å². The topological polar surface area (TPSA) is 110 Å². The second-order valence-electron chi connectivity index (χ2n) is 9.34. The van der Waals surface area contributed by atoms with Crippen LogP contribution in [-0.4, -0.2) is 52.9 Å². The third kappa shape index (κ3) is 5.00. The maximum Gasteiger partial charge on any atom is 0.255 e. The van der Waals surface area contributed by atoms with Crippen LogP contribution in [-0.2, 0) is 22.7 Å². The fourth-order valence-corrected chi connectivity index (χ4v) is 5.14. The number of piperidine rings is 1. The number of rotatable bonds is 7. The summed E-state index contributed by atoms with van der Waals surface area (Å²) in [5.74, 6) is 0.595. The van der Waals surface area contributed by atoms with Crippen LogP contribution in [0.5, 0.6) is 11.5 Å². The van der Waals surface area contributed by atoms with E-state index in [-0.39, 0.29) is 30.4 Å². The van der Waals surface area contributed by atoms with E-state index in [2.05, 4.69) is 15.6 Å². The number of fused-ring (bicyclic) bond motifs is 1. The van der Waals surface area contributed by atoms with Gasteiger partial charge in [-0.25, -0.2) is 0 Å². The number of ether oxygens (including phenoxy) is 2. The standard InChI is InChI=1S/C26H30N4O5/c1-34-19-7-6-17(27-14-19)13-28-21-4-2-3-5-23(21)35-18-8-9-20-16(12-18)15-30(26(20)33)22-10-11-24(31)29-25(22)32/h6-9,12,14,21-23,28H,2-5,10-11,13,15H2,1H3,(H,29,31,32)/t21-,22?,23-/m1/s1. The summed E-state index contributed by atoms with van der Waals surface area (Å²) in [7, 11) is 1.63. The molecule has 1 unspecified atom stereocenters. The van der Waals surface area contributed by atoms with Crippen LogP contribution >= 0.6 is 0 Å². The van der Waals surface area contributed by atoms with Crippen LogP contribution in [0, 0.1) is 0 Å². The van der Waals surface area contributed by atoms with E-state index in [1.807, 2.05) is 24.3 Å². The third-order valence-electron chi connectivity index (χ3n) is 7.06. The molecule has 0 bridgehead atoms. The normalized spacial score (nSPS) is 24.2. The predicted molar refractivity (Wildman–Crippen MR) is 127 cm³/mol. The lowest BCUT2D eigenvalue weighted by atomic mass is 9.92. The van der Waals surface area contributed by atoms with E-state index in [1.165, 1.54) is 0 Å². The lowest BCUT2D eigenvalue weighted by Gasteiger charge is -2.32. The molecule has 1 aliphatic carbocycles. The number of hydrogen-bond donors (Lipinski definition) is 2. The molecule has 1 saturated heterocycles. The highest BCUT2D eigenvalue weighted by Crippen LogP contribution is 2.32. The molecule has 9 heteroatoms. The molecule has 2 fully saturated rings. The number of aromatic nitrogens is 1. The molecule has 9 nitrogen and oxygen atoms in total. The number of imide groups is 1. The van der Waals surface area contributed by atoms with E-state index in [1.54, 1.807) is 24.3 Å². The average Bonchev–Trinajstić information content (AvgIpc) is 3.19. The molecule has 1 aromatic heterocycles. The third-order valence-corrected chi connectivity index (χ3v) is 7.06. The fraction of sp³-hybridized carbons (Fsp3) is 0.462. The molecular formula is C26H30N4O5. The van der Waals surface area contributed by atoms with Gasteiger partial charge in [0.25, 0.3) is 5.91 Å². The van der Waals surface area contributed by atoms with Crippen LogP contribution in [0.3, 0.4) is 0 Å². The van der Waals surface area contributed by atoms with Crippen LogP contribution in [0.2, 0.25) is 0 Å². The van der Waals surface area contributed by atoms with Gasteiger partial charge < -0.3 is 19.7 Å². The molecule has 5 rings (SSSR count). The Morgan fingerprint density at radius 2 is 1.91 bits per heavy atom. The molecule has 1 saturated carbocycles. The summed E-state index contributed by atoms with van der Waals surface area (Å²) in [5, 5.41) is 5.94. The van der Waals surface area contributed by atoms with Crippen LogP contribution in [0.1, 0.15) is 60.1 Å². The SMILES string of the molecule is COc1ccc(CN[C@@H]2CCCC[C@H]2Oc2ccc3c(c2)CN(C2CCC(=O)NC2=O)C3=O)nc1. The van der Waals surface area contributed by atoms with Gasteiger partial charge in [-0.05, 0) is 61.6 Å². The second kappa shape index (κ2) is 10.0. The van der Waals surface area contributed by atoms with Crippen molar-refractivity contribution in [2.45, 2.75) is 69.8 Å². The number of nitrogens with zero attached hydrogens (tertiary/aromatic N) is 2. The van der Waals surface area contributed by atoms with Crippen molar-refractivity contribution in [1.29, 1.82) is 0 Å². The minimum atomic E-state index is -0.615. The molecule has 3 amide bonds. The summed E-state index contributed by atoms with van der Waals surface area (Å²) in [4.78, 5) is 42.7. The molecule has 35 heavy (non-hydrogen) atoms. The molecule has 0 spiro atoms. The molecule has 3 atom stereocenters. The monoisotopic (exact) mass is 478 g/mol. The minimum Gasteiger partial charge on any atom is -0.495 e. The smallest absolute Gasteiger partial charge is 0.255 e. The first-order valence-corrected chi connectivity index (χ1v) is 12.2. The number of carbonyl (C=O) groups excluding carboxylic acids is 3. The van der Waals surface area contributed by atoms with Gasteiger partial charge in [0.1, 0.15) is 23.6 Å². The second-order valence-corrected chi connectivity index (χ2v) is 9.34. The number of methoxy groups -OCH3 is 1. The van der Waals surface area contributed by atoms with Crippen LogP contribution in [0.4, 0.5) is 0 Å². The van der Waals surface area contributed by atoms with E-state index in [9.17, 15) is 14.4 Å². The largest absolute Gasteiger partial charge is 0.495 e. The van der Waals surface area contributed by atoms with Crippen molar-refractivity contribution in [3.05, 3.63) is 53.3 Å². The fourth-order valence-electron chi connectivity index (χ4n) is 5.14. The minimum absolute atomic E-state index is 0.0170. The summed E-state index contributed by atoms with van der Waals surface area (Å²) in [5.41, 5.74) is 2.38. The molecule has 2 aromatic rings. The van der Waals surface area contributed by atoms with Crippen molar-refractivity contribution in [3.63, 3.8) is 0 Å². The van der Waals surface area contributed by atoms with Crippen LogP contribution in [0.15, 0.2) is 36.5 Å². The Labute approximate surface area is 204 Å². The van der Waals surface area contributed by atoms with Crippen molar-refractivity contribution < 1.29 is 23.9 Å². The average molecular weight is 479 g/mol. The van der Waals surface area contributed by atoms with Gasteiger partial charge in [0.05, 0.1) is 19.0 Å². The van der Waals surface area contributed by atoms with Gasteiger partial charge in [0, 0.05) is 31.1 Å². The molecular weight excluding hydrogens is 448 g/mol. The van der Waals surface area contributed by atoms with E-state index in [4.69, 9.17) is 9.47 Å². The number of hydrogen-bond acceptors (Lipinski definition) is 7. The molecule has 3 aliphatic rings. The van der Waals surface area contributed by atoms with Crippen molar-refractivity contribution in [3.8, 4) is 11.5 Å². The van der Waals surface area contributed by atoms with Gasteiger partial charge in [-0.3, -0.25) is 24.7 Å². The maximum absolute atomic E-state index is 12.9. The van der Waals surface area contributed by atoms with E-state index < -0.39 is 11.9 Å². The molecule has 3 heterocycles. The maximum atomic E-state index is 12.9. The zero-order valence-corrected chi connectivity index (χ0v) is 19.8. The molecule has 2 N–H and O–H groups in total. The summed E-state index contributed by atoms with van der Waals surface area (Å²) in [6.45, 7) is 0.987. The number of benzene rings is 1. The predicted octanol–water partition coefficient (Wildman–Crippen LogP) is 2.33. The lowest BCUT2D eigenvalue weighted by Crippen LogP contribution is -2.52. The first kappa shape index (κ1) is 23.3. The number of carbonyl (C=O) groups is 3. The lowest BCUT2D eigenvalue weighted by molar-refractivity contribution is -0.136. The summed E-state index contributed by atoms with van der Waals surface area (Å²) in [6, 6.07) is 8.97.